The first-order valence-corrected chi connectivity index (χ1v) is 6.11. The lowest BCUT2D eigenvalue weighted by molar-refractivity contribution is -0.117. The molecule has 0 fully saturated rings. The Morgan fingerprint density at radius 2 is 2.27 bits per heavy atom. The zero-order valence-electron chi connectivity index (χ0n) is 9.06. The van der Waals surface area contributed by atoms with E-state index in [-0.39, 0.29) is 5.78 Å². The number of benzene rings is 1. The van der Waals surface area contributed by atoms with Crippen molar-refractivity contribution >= 4 is 23.2 Å². The molecule has 1 atom stereocenters. The van der Waals surface area contributed by atoms with Crippen LogP contribution in [-0.2, 0) is 4.79 Å². The zero-order chi connectivity index (χ0) is 10.8. The van der Waals surface area contributed by atoms with Gasteiger partial charge in [0.15, 0.2) is 0 Å². The van der Waals surface area contributed by atoms with Gasteiger partial charge in [0.2, 0.25) is 0 Å². The Kier molecular flexibility index (Phi) is 3.00. The Labute approximate surface area is 94.7 Å². The van der Waals surface area contributed by atoms with Gasteiger partial charge in [-0.1, -0.05) is 12.1 Å². The summed E-state index contributed by atoms with van der Waals surface area (Å²) in [6, 6.07) is 8.72. The highest BCUT2D eigenvalue weighted by Gasteiger charge is 2.24. The van der Waals surface area contributed by atoms with E-state index in [4.69, 9.17) is 0 Å². The van der Waals surface area contributed by atoms with Gasteiger partial charge in [-0.25, -0.2) is 0 Å². The molecular weight excluding hydrogens is 206 g/mol. The van der Waals surface area contributed by atoms with Crippen molar-refractivity contribution in [1.29, 1.82) is 0 Å². The number of nitrogens with zero attached hydrogens (tertiary/aromatic N) is 1. The van der Waals surface area contributed by atoms with Crippen molar-refractivity contribution in [2.75, 3.05) is 17.7 Å². The lowest BCUT2D eigenvalue weighted by atomic mass is 10.1. The Morgan fingerprint density at radius 3 is 3.00 bits per heavy atom. The van der Waals surface area contributed by atoms with Gasteiger partial charge in [-0.2, -0.15) is 0 Å². The van der Waals surface area contributed by atoms with Crippen molar-refractivity contribution in [1.82, 2.24) is 0 Å². The Balaban J connectivity index is 2.22. The average molecular weight is 221 g/mol. The van der Waals surface area contributed by atoms with Crippen LogP contribution in [0.1, 0.15) is 13.3 Å². The number of carbonyl (C=O) groups excluding carboxylic acids is 1. The van der Waals surface area contributed by atoms with Crippen LogP contribution in [0.3, 0.4) is 0 Å². The summed E-state index contributed by atoms with van der Waals surface area (Å²) in [4.78, 5) is 14.7. The number of ketones is 1. The molecule has 2 rings (SSSR count). The lowest BCUT2D eigenvalue weighted by Gasteiger charge is -2.35. The first-order valence-electron chi connectivity index (χ1n) is 5.12. The molecule has 0 saturated heterocycles. The number of rotatable bonds is 2. The Hall–Kier alpha value is -0.960. The fraction of sp³-hybridized carbons (Fsp3) is 0.417. The highest BCUT2D eigenvalue weighted by molar-refractivity contribution is 7.99. The van der Waals surface area contributed by atoms with Crippen LogP contribution in [0.5, 0.6) is 0 Å². The van der Waals surface area contributed by atoms with Gasteiger partial charge in [0.05, 0.1) is 5.69 Å². The molecule has 2 nitrogen and oxygen atoms in total. The maximum Gasteiger partial charge on any atom is 0.131 e. The van der Waals surface area contributed by atoms with Gasteiger partial charge in [0.25, 0.3) is 0 Å². The monoisotopic (exact) mass is 221 g/mol. The second kappa shape index (κ2) is 4.27. The molecule has 0 spiro atoms. The maximum absolute atomic E-state index is 11.1. The molecule has 0 aliphatic carbocycles. The van der Waals surface area contributed by atoms with Crippen molar-refractivity contribution < 1.29 is 4.79 Å². The molecule has 3 heteroatoms. The molecule has 0 aromatic heterocycles. The van der Waals surface area contributed by atoms with E-state index in [1.807, 2.05) is 17.8 Å². The molecule has 15 heavy (non-hydrogen) atoms. The van der Waals surface area contributed by atoms with E-state index in [1.165, 1.54) is 10.6 Å². The molecule has 0 N–H and O–H groups in total. The van der Waals surface area contributed by atoms with Gasteiger partial charge in [-0.15, -0.1) is 11.8 Å². The molecule has 0 saturated carbocycles. The zero-order valence-corrected chi connectivity index (χ0v) is 9.88. The van der Waals surface area contributed by atoms with Crippen molar-refractivity contribution in [3.05, 3.63) is 24.3 Å². The predicted molar refractivity (Wildman–Crippen MR) is 64.7 cm³/mol. The molecule has 0 radical (unpaired) electrons. The predicted octanol–water partition coefficient (Wildman–Crippen LogP) is 2.58. The first-order chi connectivity index (χ1) is 7.18. The third kappa shape index (κ3) is 2.17. The van der Waals surface area contributed by atoms with Crippen LogP contribution in [0.15, 0.2) is 29.2 Å². The van der Waals surface area contributed by atoms with E-state index in [0.29, 0.717) is 12.5 Å². The van der Waals surface area contributed by atoms with Gasteiger partial charge in [0, 0.05) is 30.2 Å². The highest BCUT2D eigenvalue weighted by Crippen LogP contribution is 2.36. The normalized spacial score (nSPS) is 19.9. The summed E-state index contributed by atoms with van der Waals surface area (Å²) >= 11 is 1.85. The fourth-order valence-corrected chi connectivity index (χ4v) is 3.14. The Morgan fingerprint density at radius 1 is 1.53 bits per heavy atom. The van der Waals surface area contributed by atoms with Crippen LogP contribution < -0.4 is 4.90 Å². The Bertz CT molecular complexity index is 378. The number of thioether (sulfide) groups is 1. The van der Waals surface area contributed by atoms with Crippen molar-refractivity contribution in [2.24, 2.45) is 0 Å². The second-order valence-corrected chi connectivity index (χ2v) is 5.01. The molecule has 1 aliphatic rings. The maximum atomic E-state index is 11.1. The summed E-state index contributed by atoms with van der Waals surface area (Å²) in [6.07, 6.45) is 0.651. The average Bonchev–Trinajstić information content (AvgIpc) is 2.22. The summed E-state index contributed by atoms with van der Waals surface area (Å²) in [6.45, 7) is 1.67. The number of fused-ring (bicyclic) bond motifs is 1. The summed E-state index contributed by atoms with van der Waals surface area (Å²) in [5.74, 6) is 1.28. The molecule has 1 heterocycles. The number of carbonyl (C=O) groups is 1. The summed E-state index contributed by atoms with van der Waals surface area (Å²) in [7, 11) is 2.08. The van der Waals surface area contributed by atoms with Crippen LogP contribution in [0.25, 0.3) is 0 Å². The minimum Gasteiger partial charge on any atom is -0.369 e. The van der Waals surface area contributed by atoms with Crippen molar-refractivity contribution in [3.63, 3.8) is 0 Å². The number of Topliss-reactive ketones (excluding diaryl/α,β-unsaturated/α-hetero) is 1. The van der Waals surface area contributed by atoms with Crippen LogP contribution in [0.2, 0.25) is 0 Å². The number of anilines is 1. The third-order valence-electron chi connectivity index (χ3n) is 2.75. The fourth-order valence-electron chi connectivity index (χ4n) is 1.89. The quantitative estimate of drug-likeness (QED) is 0.765. The second-order valence-electron chi connectivity index (χ2n) is 3.95. The smallest absolute Gasteiger partial charge is 0.131 e. The molecule has 80 valence electrons. The highest BCUT2D eigenvalue weighted by atomic mass is 32.2. The van der Waals surface area contributed by atoms with Gasteiger partial charge >= 0.3 is 0 Å². The summed E-state index contributed by atoms with van der Waals surface area (Å²) < 4.78 is 0. The molecule has 0 bridgehead atoms. The first kappa shape index (κ1) is 10.6. The molecule has 1 aromatic carbocycles. The van der Waals surface area contributed by atoms with Crippen LogP contribution in [0, 0.1) is 0 Å². The number of para-hydroxylation sites is 1. The largest absolute Gasteiger partial charge is 0.369 e. The topological polar surface area (TPSA) is 20.3 Å². The van der Waals surface area contributed by atoms with Crippen molar-refractivity contribution in [3.8, 4) is 0 Å². The van der Waals surface area contributed by atoms with Crippen LogP contribution in [0.4, 0.5) is 5.69 Å². The van der Waals surface area contributed by atoms with Gasteiger partial charge in [-0.05, 0) is 19.1 Å². The van der Waals surface area contributed by atoms with E-state index >= 15 is 0 Å². The summed E-state index contributed by atoms with van der Waals surface area (Å²) in [5.41, 5.74) is 1.25. The standard InChI is InChI=1S/C12H15NOS/c1-9(14)7-10-8-15-12-6-4-3-5-11(12)13(10)2/h3-6,10H,7-8H2,1-2H3. The summed E-state index contributed by atoms with van der Waals surface area (Å²) in [5, 5.41) is 0. The minimum atomic E-state index is 0.270. The molecular formula is C12H15NOS. The van der Waals surface area contributed by atoms with Crippen LogP contribution in [-0.4, -0.2) is 24.6 Å². The van der Waals surface area contributed by atoms with E-state index < -0.39 is 0 Å². The lowest BCUT2D eigenvalue weighted by Crippen LogP contribution is -2.37. The minimum absolute atomic E-state index is 0.270. The third-order valence-corrected chi connectivity index (χ3v) is 3.95. The molecule has 1 aromatic rings. The van der Waals surface area contributed by atoms with Gasteiger partial charge < -0.3 is 4.90 Å². The van der Waals surface area contributed by atoms with Crippen molar-refractivity contribution in [2.45, 2.75) is 24.3 Å². The molecule has 0 amide bonds. The van der Waals surface area contributed by atoms with E-state index in [9.17, 15) is 4.79 Å². The van der Waals surface area contributed by atoms with E-state index in [2.05, 4.69) is 30.1 Å². The SMILES string of the molecule is CC(=O)CC1CSc2ccccc2N1C. The van der Waals surface area contributed by atoms with E-state index in [1.54, 1.807) is 6.92 Å². The van der Waals surface area contributed by atoms with E-state index in [0.717, 1.165) is 5.75 Å². The van der Waals surface area contributed by atoms with Gasteiger partial charge in [0.1, 0.15) is 5.78 Å². The number of hydrogen-bond donors (Lipinski definition) is 0. The number of hydrogen-bond acceptors (Lipinski definition) is 3. The molecule has 1 unspecified atom stereocenters. The molecule has 1 aliphatic heterocycles. The van der Waals surface area contributed by atoms with Crippen LogP contribution >= 0.6 is 11.8 Å². The van der Waals surface area contributed by atoms with Gasteiger partial charge in [-0.3, -0.25) is 4.79 Å².